The zero-order chi connectivity index (χ0) is 21.4. The molecule has 3 atom stereocenters. The molecule has 156 valence electrons. The van der Waals surface area contributed by atoms with E-state index in [0.717, 1.165) is 0 Å². The number of carbonyl (C=O) groups excluding carboxylic acids is 1. The number of benzene rings is 1. The number of carbonyl (C=O) groups is 1. The Hall–Kier alpha value is -0.830. The zero-order valence-electron chi connectivity index (χ0n) is 18.2. The molecule has 4 heteroatoms. The molecule has 1 aromatic carbocycles. The molecule has 0 N–H and O–H groups in total. The highest BCUT2D eigenvalue weighted by molar-refractivity contribution is 6.61. The predicted molar refractivity (Wildman–Crippen MR) is 120 cm³/mol. The SMILES string of the molecule is C=CC[C@H]1C(=O)C(Cl)(Cl)[C@H]1O[C@@H](C)c1c(C(C)C)cc(C(C)C)cc1C(C)C. The van der Waals surface area contributed by atoms with Gasteiger partial charge in [-0.1, -0.05) is 83.0 Å². The molecular weight excluding hydrogens is 391 g/mol. The van der Waals surface area contributed by atoms with Gasteiger partial charge < -0.3 is 4.74 Å². The molecule has 2 nitrogen and oxygen atoms in total. The lowest BCUT2D eigenvalue weighted by Crippen LogP contribution is -2.61. The minimum atomic E-state index is -1.48. The van der Waals surface area contributed by atoms with Gasteiger partial charge in [-0.25, -0.2) is 0 Å². The fourth-order valence-electron chi connectivity index (χ4n) is 4.04. The van der Waals surface area contributed by atoms with E-state index in [-0.39, 0.29) is 17.8 Å². The molecule has 0 radical (unpaired) electrons. The Balaban J connectivity index is 2.47. The molecule has 0 saturated heterocycles. The van der Waals surface area contributed by atoms with E-state index in [1.165, 1.54) is 22.3 Å². The van der Waals surface area contributed by atoms with Gasteiger partial charge in [0.2, 0.25) is 4.33 Å². The van der Waals surface area contributed by atoms with Crippen LogP contribution in [0.5, 0.6) is 0 Å². The first-order valence-electron chi connectivity index (χ1n) is 10.3. The first kappa shape index (κ1) is 23.4. The van der Waals surface area contributed by atoms with E-state index in [0.29, 0.717) is 24.2 Å². The van der Waals surface area contributed by atoms with Crippen molar-refractivity contribution in [3.63, 3.8) is 0 Å². The summed E-state index contributed by atoms with van der Waals surface area (Å²) in [4.78, 5) is 12.3. The molecule has 0 bridgehead atoms. The molecule has 1 aromatic rings. The first-order valence-corrected chi connectivity index (χ1v) is 11.0. The number of ether oxygens (including phenoxy) is 1. The molecule has 1 aliphatic carbocycles. The standard InChI is InChI=1S/C24H34Cl2O2/c1-9-10-18-22(27)24(25,26)23(18)28-16(8)21-19(14(4)5)11-17(13(2)3)12-20(21)15(6)7/h9,11-16,18,23H,1,10H2,2-8H3/t16-,18-,23-/m0/s1. The molecule has 2 rings (SSSR count). The number of rotatable bonds is 8. The fraction of sp³-hybridized carbons (Fsp3) is 0.625. The summed E-state index contributed by atoms with van der Waals surface area (Å²) in [5.41, 5.74) is 5.14. The molecule has 28 heavy (non-hydrogen) atoms. The molecule has 1 saturated carbocycles. The molecule has 1 aliphatic rings. The van der Waals surface area contributed by atoms with Crippen LogP contribution < -0.4 is 0 Å². The maximum Gasteiger partial charge on any atom is 0.202 e. The maximum absolute atomic E-state index is 12.3. The fourth-order valence-corrected chi connectivity index (χ4v) is 4.73. The largest absolute Gasteiger partial charge is 0.366 e. The van der Waals surface area contributed by atoms with Crippen LogP contribution in [0.1, 0.15) is 101 Å². The molecule has 0 spiro atoms. The number of ketones is 1. The number of hydrogen-bond donors (Lipinski definition) is 0. The number of halogens is 2. The number of Topliss-reactive ketones (excluding diaryl/α,β-unsaturated/α-hetero) is 1. The maximum atomic E-state index is 12.3. The lowest BCUT2D eigenvalue weighted by molar-refractivity contribution is -0.153. The smallest absolute Gasteiger partial charge is 0.202 e. The minimum Gasteiger partial charge on any atom is -0.366 e. The summed E-state index contributed by atoms with van der Waals surface area (Å²) < 4.78 is 4.90. The number of hydrogen-bond acceptors (Lipinski definition) is 2. The van der Waals surface area contributed by atoms with Gasteiger partial charge in [0.15, 0.2) is 5.78 Å². The summed E-state index contributed by atoms with van der Waals surface area (Å²) >= 11 is 12.6. The van der Waals surface area contributed by atoms with Crippen LogP contribution >= 0.6 is 23.2 Å². The predicted octanol–water partition coefficient (Wildman–Crippen LogP) is 7.45. The Labute approximate surface area is 180 Å². The van der Waals surface area contributed by atoms with Crippen molar-refractivity contribution in [1.82, 2.24) is 0 Å². The highest BCUT2D eigenvalue weighted by atomic mass is 35.5. The van der Waals surface area contributed by atoms with Crippen LogP contribution in [0.4, 0.5) is 0 Å². The molecular formula is C24H34Cl2O2. The Kier molecular flexibility index (Phi) is 7.45. The van der Waals surface area contributed by atoms with Crippen molar-refractivity contribution < 1.29 is 9.53 Å². The van der Waals surface area contributed by atoms with Crippen LogP contribution in [0.3, 0.4) is 0 Å². The Bertz CT molecular complexity index is 705. The Morgan fingerprint density at radius 2 is 1.54 bits per heavy atom. The van der Waals surface area contributed by atoms with Crippen LogP contribution in [-0.2, 0) is 9.53 Å². The second kappa shape index (κ2) is 8.90. The van der Waals surface area contributed by atoms with Crippen LogP contribution in [-0.4, -0.2) is 16.2 Å². The summed E-state index contributed by atoms with van der Waals surface area (Å²) in [6.45, 7) is 19.1. The average Bonchev–Trinajstić information content (AvgIpc) is 2.62. The monoisotopic (exact) mass is 424 g/mol. The van der Waals surface area contributed by atoms with Crippen LogP contribution in [0.2, 0.25) is 0 Å². The second-order valence-electron chi connectivity index (χ2n) is 8.89. The van der Waals surface area contributed by atoms with E-state index < -0.39 is 10.4 Å². The molecule has 0 unspecified atom stereocenters. The number of alkyl halides is 2. The lowest BCUT2D eigenvalue weighted by atomic mass is 9.76. The van der Waals surface area contributed by atoms with Gasteiger partial charge in [0.05, 0.1) is 12.0 Å². The third-order valence-electron chi connectivity index (χ3n) is 5.74. The summed E-state index contributed by atoms with van der Waals surface area (Å²) in [7, 11) is 0. The average molecular weight is 425 g/mol. The highest BCUT2D eigenvalue weighted by Crippen LogP contribution is 2.49. The van der Waals surface area contributed by atoms with Crippen molar-refractivity contribution in [3.8, 4) is 0 Å². The summed E-state index contributed by atoms with van der Waals surface area (Å²) in [5, 5.41) is 0. The van der Waals surface area contributed by atoms with Gasteiger partial charge in [-0.2, -0.15) is 0 Å². The van der Waals surface area contributed by atoms with Gasteiger partial charge in [0, 0.05) is 0 Å². The van der Waals surface area contributed by atoms with Crippen molar-refractivity contribution in [2.24, 2.45) is 5.92 Å². The van der Waals surface area contributed by atoms with E-state index in [1.54, 1.807) is 6.08 Å². The van der Waals surface area contributed by atoms with Gasteiger partial charge in [-0.15, -0.1) is 6.58 Å². The minimum absolute atomic E-state index is 0.170. The van der Waals surface area contributed by atoms with E-state index in [2.05, 4.69) is 60.3 Å². The number of allylic oxidation sites excluding steroid dienone is 1. The lowest BCUT2D eigenvalue weighted by Gasteiger charge is -2.46. The third-order valence-corrected chi connectivity index (χ3v) is 6.55. The van der Waals surface area contributed by atoms with Crippen LogP contribution in [0, 0.1) is 5.92 Å². The van der Waals surface area contributed by atoms with Gasteiger partial charge in [0.25, 0.3) is 0 Å². The van der Waals surface area contributed by atoms with Crippen molar-refractivity contribution >= 4 is 29.0 Å². The zero-order valence-corrected chi connectivity index (χ0v) is 19.7. The molecule has 0 aliphatic heterocycles. The van der Waals surface area contributed by atoms with Crippen molar-refractivity contribution in [2.75, 3.05) is 0 Å². The normalized spacial score (nSPS) is 22.6. The second-order valence-corrected chi connectivity index (χ2v) is 10.3. The molecule has 1 fully saturated rings. The van der Waals surface area contributed by atoms with Crippen molar-refractivity contribution in [3.05, 3.63) is 47.0 Å². The Morgan fingerprint density at radius 1 is 1.04 bits per heavy atom. The van der Waals surface area contributed by atoms with E-state index >= 15 is 0 Å². The van der Waals surface area contributed by atoms with E-state index in [1.807, 2.05) is 6.92 Å². The van der Waals surface area contributed by atoms with Crippen LogP contribution in [0.15, 0.2) is 24.8 Å². The molecule has 0 aromatic heterocycles. The first-order chi connectivity index (χ1) is 12.9. The summed E-state index contributed by atoms with van der Waals surface area (Å²) in [5.74, 6) is 0.688. The van der Waals surface area contributed by atoms with Crippen LogP contribution in [0.25, 0.3) is 0 Å². The van der Waals surface area contributed by atoms with Gasteiger partial charge in [0.1, 0.15) is 6.10 Å². The van der Waals surface area contributed by atoms with E-state index in [9.17, 15) is 4.79 Å². The molecule has 0 amide bonds. The van der Waals surface area contributed by atoms with Crippen molar-refractivity contribution in [1.29, 1.82) is 0 Å². The highest BCUT2D eigenvalue weighted by Gasteiger charge is 2.61. The molecule has 0 heterocycles. The van der Waals surface area contributed by atoms with Crippen molar-refractivity contribution in [2.45, 2.75) is 89.2 Å². The summed E-state index contributed by atoms with van der Waals surface area (Å²) in [6, 6.07) is 4.61. The topological polar surface area (TPSA) is 26.3 Å². The van der Waals surface area contributed by atoms with Gasteiger partial charge >= 0.3 is 0 Å². The van der Waals surface area contributed by atoms with Gasteiger partial charge in [-0.3, -0.25) is 4.79 Å². The third kappa shape index (κ3) is 4.35. The summed E-state index contributed by atoms with van der Waals surface area (Å²) in [6.07, 6.45) is 1.51. The Morgan fingerprint density at radius 3 is 1.93 bits per heavy atom. The van der Waals surface area contributed by atoms with Gasteiger partial charge in [-0.05, 0) is 53.4 Å². The van der Waals surface area contributed by atoms with E-state index in [4.69, 9.17) is 27.9 Å². The quantitative estimate of drug-likeness (QED) is 0.319.